The first kappa shape index (κ1) is 41.8. The van der Waals surface area contributed by atoms with Crippen LogP contribution >= 0.6 is 0 Å². The Hall–Kier alpha value is -5.91. The van der Waals surface area contributed by atoms with Crippen molar-refractivity contribution in [3.8, 4) is 11.4 Å². The molecule has 0 unspecified atom stereocenters. The van der Waals surface area contributed by atoms with Gasteiger partial charge in [-0.1, -0.05) is 30.7 Å². The van der Waals surface area contributed by atoms with Crippen LogP contribution in [0.4, 0.5) is 20.2 Å². The molecule has 4 atom stereocenters. The van der Waals surface area contributed by atoms with Crippen molar-refractivity contribution in [1.29, 1.82) is 0 Å². The fourth-order valence-corrected chi connectivity index (χ4v) is 9.36. The number of hydrogen-bond donors (Lipinski definition) is 0. The van der Waals surface area contributed by atoms with Gasteiger partial charge in [0.05, 0.1) is 42.5 Å². The second-order valence-electron chi connectivity index (χ2n) is 15.7. The lowest BCUT2D eigenvalue weighted by Crippen LogP contribution is -2.46. The molecule has 2 saturated heterocycles. The molecule has 17 heteroatoms. The lowest BCUT2D eigenvalue weighted by molar-refractivity contribution is -0.0206. The minimum atomic E-state index is -4.04. The summed E-state index contributed by atoms with van der Waals surface area (Å²) in [5, 5.41) is 8.54. The number of aryl methyl sites for hydroxylation is 1. The number of piperazine rings is 1. The Morgan fingerprint density at radius 3 is 2.15 bits per heavy atom. The van der Waals surface area contributed by atoms with Crippen LogP contribution in [0.2, 0.25) is 0 Å². The van der Waals surface area contributed by atoms with E-state index in [2.05, 4.69) is 25.0 Å². The van der Waals surface area contributed by atoms with E-state index in [1.54, 1.807) is 30.1 Å². The molecule has 4 aromatic carbocycles. The van der Waals surface area contributed by atoms with Crippen molar-refractivity contribution in [1.82, 2.24) is 29.1 Å². The van der Waals surface area contributed by atoms with Gasteiger partial charge in [-0.3, -0.25) is 4.18 Å². The molecule has 0 radical (unpaired) electrons. The second-order valence-corrected chi connectivity index (χ2v) is 17.2. The van der Waals surface area contributed by atoms with Gasteiger partial charge in [-0.05, 0) is 93.4 Å². The third-order valence-electron chi connectivity index (χ3n) is 11.5. The topological polar surface area (TPSA) is 139 Å². The molecule has 4 heterocycles. The molecule has 320 valence electrons. The summed E-state index contributed by atoms with van der Waals surface area (Å²) in [4.78, 5) is 22.3. The van der Waals surface area contributed by atoms with E-state index >= 15 is 4.39 Å². The number of nitrogens with zero attached hydrogens (tertiary/aromatic N) is 8. The van der Waals surface area contributed by atoms with E-state index in [9.17, 15) is 17.6 Å². The van der Waals surface area contributed by atoms with E-state index in [0.717, 1.165) is 49.2 Å². The molecule has 61 heavy (non-hydrogen) atoms. The predicted octanol–water partition coefficient (Wildman–Crippen LogP) is 6.29. The van der Waals surface area contributed by atoms with E-state index in [1.807, 2.05) is 62.4 Å². The van der Waals surface area contributed by atoms with Crippen LogP contribution in [0.15, 0.2) is 120 Å². The Kier molecular flexibility index (Phi) is 12.1. The van der Waals surface area contributed by atoms with Crippen LogP contribution < -0.4 is 20.2 Å². The number of aromatic nitrogens is 6. The molecule has 8 rings (SSSR count). The highest BCUT2D eigenvalue weighted by Crippen LogP contribution is 2.42. The highest BCUT2D eigenvalue weighted by molar-refractivity contribution is 7.86. The molecule has 2 aliphatic rings. The van der Waals surface area contributed by atoms with Crippen LogP contribution in [0.3, 0.4) is 0 Å². The molecule has 2 fully saturated rings. The molecule has 0 amide bonds. The molecule has 0 saturated carbocycles. The first-order valence-electron chi connectivity index (χ1n) is 20.3. The lowest BCUT2D eigenvalue weighted by Gasteiger charge is -2.37. The first-order valence-corrected chi connectivity index (χ1v) is 21.7. The number of benzene rings is 4. The van der Waals surface area contributed by atoms with Gasteiger partial charge in [-0.25, -0.2) is 32.5 Å². The molecule has 2 aliphatic heterocycles. The minimum absolute atomic E-state index is 0.0335. The average Bonchev–Trinajstić information content (AvgIpc) is 4.02. The van der Waals surface area contributed by atoms with Gasteiger partial charge in [-0.15, -0.1) is 0 Å². The Labute approximate surface area is 353 Å². The summed E-state index contributed by atoms with van der Waals surface area (Å²) >= 11 is 0. The second kappa shape index (κ2) is 17.6. The Bertz CT molecular complexity index is 2580. The first-order chi connectivity index (χ1) is 29.4. The quantitative estimate of drug-likeness (QED) is 0.108. The molecule has 14 nitrogen and oxygen atoms in total. The maximum Gasteiger partial charge on any atom is 0.350 e. The molecule has 2 aromatic heterocycles. The van der Waals surface area contributed by atoms with Crippen molar-refractivity contribution in [3.05, 3.63) is 143 Å². The molecule has 0 aliphatic carbocycles. The van der Waals surface area contributed by atoms with Gasteiger partial charge >= 0.3 is 5.69 Å². The van der Waals surface area contributed by atoms with E-state index in [-0.39, 0.29) is 28.6 Å². The zero-order valence-electron chi connectivity index (χ0n) is 34.2. The van der Waals surface area contributed by atoms with Crippen LogP contribution in [0.1, 0.15) is 43.9 Å². The molecule has 6 aromatic rings. The van der Waals surface area contributed by atoms with Gasteiger partial charge in [-0.2, -0.15) is 18.6 Å². The van der Waals surface area contributed by atoms with Gasteiger partial charge in [0.25, 0.3) is 10.1 Å². The van der Waals surface area contributed by atoms with Gasteiger partial charge in [0.15, 0.2) is 0 Å². The number of rotatable bonds is 15. The number of anilines is 2. The summed E-state index contributed by atoms with van der Waals surface area (Å²) in [6.07, 6.45) is 4.46. The van der Waals surface area contributed by atoms with E-state index in [1.165, 1.54) is 46.2 Å². The van der Waals surface area contributed by atoms with Gasteiger partial charge in [0.2, 0.25) is 0 Å². The van der Waals surface area contributed by atoms with Crippen LogP contribution in [0, 0.1) is 24.5 Å². The summed E-state index contributed by atoms with van der Waals surface area (Å²) in [5.74, 6) is -0.626. The summed E-state index contributed by atoms with van der Waals surface area (Å²) in [6.45, 7) is 9.51. The maximum atomic E-state index is 15.0. The molecular weight excluding hydrogens is 807 g/mol. The van der Waals surface area contributed by atoms with Crippen molar-refractivity contribution in [3.63, 3.8) is 0 Å². The third-order valence-corrected chi connectivity index (χ3v) is 12.9. The van der Waals surface area contributed by atoms with Gasteiger partial charge < -0.3 is 19.3 Å². The van der Waals surface area contributed by atoms with Crippen molar-refractivity contribution in [2.75, 3.05) is 49.2 Å². The normalized spacial score (nSPS) is 19.3. The number of hydrogen-bond acceptors (Lipinski definition) is 11. The third kappa shape index (κ3) is 9.09. The number of halogens is 2. The summed E-state index contributed by atoms with van der Waals surface area (Å²) < 4.78 is 77.1. The predicted molar refractivity (Wildman–Crippen MR) is 225 cm³/mol. The van der Waals surface area contributed by atoms with E-state index in [0.29, 0.717) is 37.5 Å². The summed E-state index contributed by atoms with van der Waals surface area (Å²) in [5.41, 5.74) is 2.55. The SMILES string of the molecule is CC[C@@H]([C@H](C)OS(=O)(=O)c1ccc(C)cc1)n1ncn(-c2ccc(N3CCN(c4ccc(OC[C@@H]5CO[C@@](Cn6cncn6)(c6ccc(F)cc6F)C5)cc4)CC3)cc2)c1=O. The minimum Gasteiger partial charge on any atom is -0.493 e. The molecular formula is C44H48F2N8O6S. The maximum absolute atomic E-state index is 15.0. The Balaban J connectivity index is 0.837. The molecule has 0 bridgehead atoms. The lowest BCUT2D eigenvalue weighted by atomic mass is 9.87. The van der Waals surface area contributed by atoms with E-state index in [4.69, 9.17) is 13.7 Å². The summed E-state index contributed by atoms with van der Waals surface area (Å²) in [7, 11) is -4.04. The fourth-order valence-electron chi connectivity index (χ4n) is 8.25. The summed E-state index contributed by atoms with van der Waals surface area (Å²) in [6, 6.07) is 25.1. The standard InChI is InChI=1S/C44H48F2N8O6S/c1-4-42(32(3)60-61(56,57)39-16-5-31(2)6-17-39)54-43(55)53(30-49-54)37-10-8-35(9-11-37)50-19-21-51(22-20-50)36-12-14-38(15-13-36)58-25-33-24-44(59-26-33,27-52-29-47-28-48-52)40-18-7-34(45)23-41(40)46/h5-18,23,28-30,32-33,42H,4,19-22,24-27H2,1-3H3/t32-,33+,42-,44-/m0/s1. The smallest absolute Gasteiger partial charge is 0.350 e. The Morgan fingerprint density at radius 1 is 0.869 bits per heavy atom. The van der Waals surface area contributed by atoms with Crippen LogP contribution in [0.5, 0.6) is 5.75 Å². The van der Waals surface area contributed by atoms with Gasteiger partial charge in [0, 0.05) is 55.1 Å². The monoisotopic (exact) mass is 854 g/mol. The average molecular weight is 855 g/mol. The largest absolute Gasteiger partial charge is 0.493 e. The van der Waals surface area contributed by atoms with Gasteiger partial charge in [0.1, 0.15) is 42.0 Å². The van der Waals surface area contributed by atoms with Crippen LogP contribution in [0.25, 0.3) is 5.69 Å². The number of ether oxygens (including phenoxy) is 2. The van der Waals surface area contributed by atoms with Crippen LogP contribution in [-0.4, -0.2) is 83.0 Å². The zero-order valence-corrected chi connectivity index (χ0v) is 35.0. The fraction of sp³-hybridized carbons (Fsp3) is 0.364. The van der Waals surface area contributed by atoms with Crippen molar-refractivity contribution in [2.24, 2.45) is 5.92 Å². The van der Waals surface area contributed by atoms with Crippen molar-refractivity contribution in [2.45, 2.75) is 62.8 Å². The van der Waals surface area contributed by atoms with Crippen molar-refractivity contribution < 1.29 is 30.9 Å². The molecule has 0 spiro atoms. The highest BCUT2D eigenvalue weighted by Gasteiger charge is 2.44. The zero-order chi connectivity index (χ0) is 42.7. The highest BCUT2D eigenvalue weighted by atomic mass is 32.2. The van der Waals surface area contributed by atoms with Crippen LogP contribution in [-0.2, 0) is 31.2 Å². The molecule has 0 N–H and O–H groups in total. The Morgan fingerprint density at radius 2 is 1.52 bits per heavy atom. The van der Waals surface area contributed by atoms with E-state index < -0.39 is 39.5 Å². The van der Waals surface area contributed by atoms with Crippen molar-refractivity contribution >= 4 is 21.5 Å².